The van der Waals surface area contributed by atoms with E-state index in [9.17, 15) is 9.90 Å². The molecule has 3 atom stereocenters. The van der Waals surface area contributed by atoms with Crippen molar-refractivity contribution in [1.82, 2.24) is 4.90 Å². The molecular formula is C18H33NO3. The number of epoxide rings is 1. The van der Waals surface area contributed by atoms with E-state index in [1.54, 1.807) is 0 Å². The van der Waals surface area contributed by atoms with Gasteiger partial charge >= 0.3 is 0 Å². The highest BCUT2D eigenvalue weighted by atomic mass is 16.7. The van der Waals surface area contributed by atoms with Gasteiger partial charge < -0.3 is 14.7 Å². The summed E-state index contributed by atoms with van der Waals surface area (Å²) in [5, 5.41) is 9.38. The van der Waals surface area contributed by atoms with Crippen molar-refractivity contribution in [1.29, 1.82) is 0 Å². The van der Waals surface area contributed by atoms with Gasteiger partial charge in [0.25, 0.3) is 0 Å². The molecule has 0 aromatic carbocycles. The minimum absolute atomic E-state index is 0.116. The molecule has 2 rings (SSSR count). The molecule has 0 aliphatic carbocycles. The number of ether oxygens (including phenoxy) is 1. The van der Waals surface area contributed by atoms with Gasteiger partial charge in [-0.1, -0.05) is 58.3 Å². The SMILES string of the molecule is CCCCCCCCCCCC(=O)N1CCC[C@H]1C1OC1O. The van der Waals surface area contributed by atoms with Gasteiger partial charge in [-0.2, -0.15) is 0 Å². The van der Waals surface area contributed by atoms with Crippen LogP contribution in [0.3, 0.4) is 0 Å². The first-order chi connectivity index (χ1) is 10.7. The lowest BCUT2D eigenvalue weighted by Gasteiger charge is -2.23. The lowest BCUT2D eigenvalue weighted by molar-refractivity contribution is -0.132. The van der Waals surface area contributed by atoms with E-state index in [1.807, 2.05) is 4.90 Å². The van der Waals surface area contributed by atoms with Gasteiger partial charge in [0, 0.05) is 13.0 Å². The number of amides is 1. The average Bonchev–Trinajstić information content (AvgIpc) is 3.04. The highest BCUT2D eigenvalue weighted by molar-refractivity contribution is 5.76. The molecule has 0 spiro atoms. The third kappa shape index (κ3) is 5.54. The van der Waals surface area contributed by atoms with E-state index in [0.717, 1.165) is 25.8 Å². The molecule has 1 N–H and O–H groups in total. The van der Waals surface area contributed by atoms with E-state index < -0.39 is 6.29 Å². The van der Waals surface area contributed by atoms with Crippen LogP contribution in [0.2, 0.25) is 0 Å². The lowest BCUT2D eigenvalue weighted by Crippen LogP contribution is -2.39. The van der Waals surface area contributed by atoms with Crippen molar-refractivity contribution in [3.63, 3.8) is 0 Å². The largest absolute Gasteiger partial charge is 0.366 e. The maximum Gasteiger partial charge on any atom is 0.222 e. The Kier molecular flexibility index (Phi) is 7.67. The van der Waals surface area contributed by atoms with Gasteiger partial charge in [0.15, 0.2) is 6.29 Å². The first-order valence-corrected chi connectivity index (χ1v) is 9.37. The zero-order chi connectivity index (χ0) is 15.8. The van der Waals surface area contributed by atoms with Crippen molar-refractivity contribution in [3.05, 3.63) is 0 Å². The first kappa shape index (κ1) is 17.7. The Balaban J connectivity index is 1.49. The zero-order valence-electron chi connectivity index (χ0n) is 14.1. The molecule has 0 saturated carbocycles. The van der Waals surface area contributed by atoms with Crippen LogP contribution in [0, 0.1) is 0 Å². The number of likely N-dealkylation sites (tertiary alicyclic amines) is 1. The Morgan fingerprint density at radius 3 is 2.27 bits per heavy atom. The molecule has 128 valence electrons. The Labute approximate surface area is 135 Å². The van der Waals surface area contributed by atoms with Gasteiger partial charge in [0.1, 0.15) is 6.10 Å². The summed E-state index contributed by atoms with van der Waals surface area (Å²) in [5.41, 5.74) is 0. The summed E-state index contributed by atoms with van der Waals surface area (Å²) < 4.78 is 5.14. The second-order valence-electron chi connectivity index (χ2n) is 6.87. The summed E-state index contributed by atoms with van der Waals surface area (Å²) in [7, 11) is 0. The molecule has 2 fully saturated rings. The molecular weight excluding hydrogens is 278 g/mol. The number of unbranched alkanes of at least 4 members (excludes halogenated alkanes) is 8. The maximum absolute atomic E-state index is 12.3. The monoisotopic (exact) mass is 311 g/mol. The predicted molar refractivity (Wildman–Crippen MR) is 87.5 cm³/mol. The normalized spacial score (nSPS) is 27.4. The standard InChI is InChI=1S/C18H33NO3/c1-2-3-4-5-6-7-8-9-10-13-16(20)19-14-11-12-15(19)17-18(21)22-17/h15,17-18,21H,2-14H2,1H3/t15-,17?,18?/m0/s1. The number of nitrogens with zero attached hydrogens (tertiary/aromatic N) is 1. The summed E-state index contributed by atoms with van der Waals surface area (Å²) in [4.78, 5) is 14.2. The molecule has 2 aliphatic heterocycles. The maximum atomic E-state index is 12.3. The van der Waals surface area contributed by atoms with Crippen LogP contribution in [-0.2, 0) is 9.53 Å². The van der Waals surface area contributed by atoms with Gasteiger partial charge in [-0.25, -0.2) is 0 Å². The van der Waals surface area contributed by atoms with Gasteiger partial charge in [-0.15, -0.1) is 0 Å². The van der Waals surface area contributed by atoms with E-state index in [1.165, 1.54) is 51.4 Å². The molecule has 0 aromatic rings. The van der Waals surface area contributed by atoms with E-state index in [-0.39, 0.29) is 18.1 Å². The number of hydrogen-bond donors (Lipinski definition) is 1. The van der Waals surface area contributed by atoms with Crippen LogP contribution < -0.4 is 0 Å². The Morgan fingerprint density at radius 2 is 1.68 bits per heavy atom. The topological polar surface area (TPSA) is 53.1 Å². The average molecular weight is 311 g/mol. The fraction of sp³-hybridized carbons (Fsp3) is 0.944. The molecule has 2 saturated heterocycles. The van der Waals surface area contributed by atoms with Gasteiger partial charge in [0.05, 0.1) is 6.04 Å². The third-order valence-electron chi connectivity index (χ3n) is 4.99. The molecule has 2 heterocycles. The number of aliphatic hydroxyl groups excluding tert-OH is 1. The minimum atomic E-state index is -0.633. The first-order valence-electron chi connectivity index (χ1n) is 9.37. The lowest BCUT2D eigenvalue weighted by atomic mass is 10.1. The van der Waals surface area contributed by atoms with Crippen molar-refractivity contribution in [2.45, 2.75) is 102 Å². The van der Waals surface area contributed by atoms with Crippen molar-refractivity contribution in [2.24, 2.45) is 0 Å². The van der Waals surface area contributed by atoms with Crippen LogP contribution in [0.5, 0.6) is 0 Å². The smallest absolute Gasteiger partial charge is 0.222 e. The van der Waals surface area contributed by atoms with Crippen molar-refractivity contribution in [2.75, 3.05) is 6.54 Å². The number of carbonyl (C=O) groups excluding carboxylic acids is 1. The summed E-state index contributed by atoms with van der Waals surface area (Å²) in [6.07, 6.45) is 13.4. The highest BCUT2D eigenvalue weighted by Crippen LogP contribution is 2.33. The van der Waals surface area contributed by atoms with Crippen molar-refractivity contribution < 1.29 is 14.6 Å². The van der Waals surface area contributed by atoms with Crippen LogP contribution >= 0.6 is 0 Å². The van der Waals surface area contributed by atoms with E-state index in [2.05, 4.69) is 6.92 Å². The van der Waals surface area contributed by atoms with Crippen LogP contribution in [0.1, 0.15) is 84.0 Å². The number of hydrogen-bond acceptors (Lipinski definition) is 3. The molecule has 2 aliphatic rings. The van der Waals surface area contributed by atoms with E-state index in [4.69, 9.17) is 4.74 Å². The number of carbonyl (C=O) groups is 1. The summed E-state index contributed by atoms with van der Waals surface area (Å²) in [6, 6.07) is 0.126. The Bertz CT molecular complexity index is 334. The molecule has 0 radical (unpaired) electrons. The molecule has 4 nitrogen and oxygen atoms in total. The number of rotatable bonds is 11. The third-order valence-corrected chi connectivity index (χ3v) is 4.99. The molecule has 4 heteroatoms. The van der Waals surface area contributed by atoms with Crippen LogP contribution in [0.25, 0.3) is 0 Å². The molecule has 0 bridgehead atoms. The highest BCUT2D eigenvalue weighted by Gasteiger charge is 2.48. The summed E-state index contributed by atoms with van der Waals surface area (Å²) in [5.74, 6) is 0.258. The second kappa shape index (κ2) is 9.51. The predicted octanol–water partition coefficient (Wildman–Crippen LogP) is 3.62. The Morgan fingerprint density at radius 1 is 1.09 bits per heavy atom. The quantitative estimate of drug-likeness (QED) is 0.468. The van der Waals surface area contributed by atoms with Crippen molar-refractivity contribution >= 4 is 5.91 Å². The molecule has 2 unspecified atom stereocenters. The fourth-order valence-corrected chi connectivity index (χ4v) is 3.57. The van der Waals surface area contributed by atoms with Crippen molar-refractivity contribution in [3.8, 4) is 0 Å². The zero-order valence-corrected chi connectivity index (χ0v) is 14.1. The second-order valence-corrected chi connectivity index (χ2v) is 6.87. The van der Waals surface area contributed by atoms with Gasteiger partial charge in [-0.05, 0) is 19.3 Å². The molecule has 1 amide bonds. The van der Waals surface area contributed by atoms with E-state index in [0.29, 0.717) is 6.42 Å². The summed E-state index contributed by atoms with van der Waals surface area (Å²) >= 11 is 0. The van der Waals surface area contributed by atoms with Gasteiger partial charge in [0.2, 0.25) is 5.91 Å². The van der Waals surface area contributed by atoms with Crippen LogP contribution in [0.15, 0.2) is 0 Å². The van der Waals surface area contributed by atoms with Crippen LogP contribution in [0.4, 0.5) is 0 Å². The van der Waals surface area contributed by atoms with Gasteiger partial charge in [-0.3, -0.25) is 4.79 Å². The molecule has 22 heavy (non-hydrogen) atoms. The van der Waals surface area contributed by atoms with Crippen LogP contribution in [-0.4, -0.2) is 40.9 Å². The van der Waals surface area contributed by atoms with E-state index >= 15 is 0 Å². The summed E-state index contributed by atoms with van der Waals surface area (Å²) in [6.45, 7) is 3.09. The fourth-order valence-electron chi connectivity index (χ4n) is 3.57. The Hall–Kier alpha value is -0.610. The molecule has 0 aromatic heterocycles. The number of aliphatic hydroxyl groups is 1. The minimum Gasteiger partial charge on any atom is -0.366 e.